The van der Waals surface area contributed by atoms with E-state index in [1.54, 1.807) is 48.5 Å². The molecule has 2 heterocycles. The first-order valence-electron chi connectivity index (χ1n) is 12.6. The van der Waals surface area contributed by atoms with Crippen molar-refractivity contribution in [1.29, 1.82) is 0 Å². The van der Waals surface area contributed by atoms with Crippen LogP contribution in [-0.4, -0.2) is 45.6 Å². The molecule has 0 aliphatic carbocycles. The highest BCUT2D eigenvalue weighted by Crippen LogP contribution is 2.54. The van der Waals surface area contributed by atoms with Crippen LogP contribution in [0.15, 0.2) is 78.9 Å². The van der Waals surface area contributed by atoms with E-state index < -0.39 is 35.3 Å². The van der Waals surface area contributed by atoms with Crippen molar-refractivity contribution in [3.63, 3.8) is 0 Å². The third-order valence-electron chi connectivity index (χ3n) is 7.47. The van der Waals surface area contributed by atoms with E-state index in [0.29, 0.717) is 23.6 Å². The molecule has 0 saturated carbocycles. The van der Waals surface area contributed by atoms with E-state index in [2.05, 4.69) is 5.32 Å². The minimum atomic E-state index is -1.54. The number of ether oxygens (including phenoxy) is 2. The van der Waals surface area contributed by atoms with Gasteiger partial charge in [0.05, 0.1) is 31.2 Å². The highest BCUT2D eigenvalue weighted by atomic mass is 16.5. The summed E-state index contributed by atoms with van der Waals surface area (Å²) < 4.78 is 10.8. The molecule has 8 nitrogen and oxygen atoms in total. The quantitative estimate of drug-likeness (QED) is 0.381. The van der Waals surface area contributed by atoms with Gasteiger partial charge in [-0.1, -0.05) is 42.5 Å². The molecule has 2 aliphatic rings. The van der Waals surface area contributed by atoms with E-state index in [9.17, 15) is 14.4 Å². The Morgan fingerprint density at radius 2 is 1.61 bits per heavy atom. The molecule has 4 atom stereocenters. The molecule has 3 aromatic carbocycles. The zero-order valence-electron chi connectivity index (χ0n) is 21.9. The van der Waals surface area contributed by atoms with Gasteiger partial charge in [-0.3, -0.25) is 14.9 Å². The molecule has 2 saturated heterocycles. The minimum Gasteiger partial charge on any atom is -0.494 e. The topological polar surface area (TPSA) is 88.2 Å². The normalized spacial score (nSPS) is 24.3. The maximum atomic E-state index is 14.2. The number of nitrogens with one attached hydrogen (secondary N) is 1. The number of imide groups is 1. The predicted octanol–water partition coefficient (Wildman–Crippen LogP) is 3.67. The van der Waals surface area contributed by atoms with Crippen LogP contribution in [0, 0.1) is 11.8 Å². The molecular weight excluding hydrogens is 482 g/mol. The lowest BCUT2D eigenvalue weighted by atomic mass is 9.75. The fraction of sp³-hybridized carbons (Fsp3) is 0.300. The largest absolute Gasteiger partial charge is 0.494 e. The predicted molar refractivity (Wildman–Crippen MR) is 144 cm³/mol. The van der Waals surface area contributed by atoms with Gasteiger partial charge in [0.25, 0.3) is 0 Å². The Morgan fingerprint density at radius 3 is 2.18 bits per heavy atom. The molecular formula is C30H31N3O5. The smallest absolute Gasteiger partial charge is 0.331 e. The lowest BCUT2D eigenvalue weighted by molar-refractivity contribution is -0.152. The Kier molecular flexibility index (Phi) is 6.67. The van der Waals surface area contributed by atoms with Crippen LogP contribution in [0.3, 0.4) is 0 Å². The zero-order valence-corrected chi connectivity index (χ0v) is 21.9. The van der Waals surface area contributed by atoms with Crippen LogP contribution in [0.2, 0.25) is 0 Å². The number of carbonyl (C=O) groups is 3. The van der Waals surface area contributed by atoms with Gasteiger partial charge in [0, 0.05) is 25.8 Å². The summed E-state index contributed by atoms with van der Waals surface area (Å²) in [6.07, 6.45) is 0. The fourth-order valence-corrected chi connectivity index (χ4v) is 5.72. The molecule has 38 heavy (non-hydrogen) atoms. The summed E-state index contributed by atoms with van der Waals surface area (Å²) in [5.74, 6) is -2.60. The zero-order chi connectivity index (χ0) is 27.0. The van der Waals surface area contributed by atoms with Crippen LogP contribution in [-0.2, 0) is 24.7 Å². The summed E-state index contributed by atoms with van der Waals surface area (Å²) >= 11 is 0. The van der Waals surface area contributed by atoms with Crippen molar-refractivity contribution >= 4 is 29.2 Å². The monoisotopic (exact) mass is 513 g/mol. The summed E-state index contributed by atoms with van der Waals surface area (Å²) in [7, 11) is 5.20. The lowest BCUT2D eigenvalue weighted by Gasteiger charge is -2.33. The van der Waals surface area contributed by atoms with Crippen molar-refractivity contribution in [2.45, 2.75) is 18.5 Å². The molecule has 2 aliphatic heterocycles. The Hall–Kier alpha value is -4.17. The number of benzene rings is 3. The molecule has 196 valence electrons. The molecule has 2 fully saturated rings. The number of rotatable bonds is 7. The molecule has 8 heteroatoms. The van der Waals surface area contributed by atoms with Crippen LogP contribution < -0.4 is 19.9 Å². The molecule has 0 radical (unpaired) electrons. The first-order valence-corrected chi connectivity index (χ1v) is 12.6. The average molecular weight is 514 g/mol. The van der Waals surface area contributed by atoms with Crippen LogP contribution >= 0.6 is 0 Å². The van der Waals surface area contributed by atoms with Crippen LogP contribution in [0.25, 0.3) is 0 Å². The summed E-state index contributed by atoms with van der Waals surface area (Å²) in [6, 6.07) is 23.1. The third kappa shape index (κ3) is 3.92. The van der Waals surface area contributed by atoms with Crippen molar-refractivity contribution in [3.8, 4) is 5.75 Å². The third-order valence-corrected chi connectivity index (χ3v) is 7.47. The second-order valence-electron chi connectivity index (χ2n) is 9.72. The van der Waals surface area contributed by atoms with Gasteiger partial charge in [-0.2, -0.15) is 0 Å². The second-order valence-corrected chi connectivity index (χ2v) is 9.72. The molecule has 1 N–H and O–H groups in total. The van der Waals surface area contributed by atoms with E-state index in [0.717, 1.165) is 11.3 Å². The number of carbonyl (C=O) groups excluding carboxylic acids is 3. The van der Waals surface area contributed by atoms with Crippen molar-refractivity contribution < 1.29 is 23.9 Å². The molecule has 2 amide bonds. The number of esters is 1. The van der Waals surface area contributed by atoms with E-state index in [-0.39, 0.29) is 5.91 Å². The Morgan fingerprint density at radius 1 is 0.947 bits per heavy atom. The maximum Gasteiger partial charge on any atom is 0.331 e. The van der Waals surface area contributed by atoms with Crippen LogP contribution in [0.5, 0.6) is 5.75 Å². The molecule has 0 bridgehead atoms. The molecule has 0 spiro atoms. The standard InChI is InChI=1S/C30H31N3O5/c1-5-38-23-17-15-22(16-18-23)33-27(34)24-25(28(33)35)30(29(36)37-4,20-9-7-6-8-10-20)31-26(24)19-11-13-21(14-12-19)32(2)3/h6-18,24-26,31H,5H2,1-4H3/t24-,25-,26-,30-/m0/s1. The summed E-state index contributed by atoms with van der Waals surface area (Å²) in [5.41, 5.74) is 1.27. The van der Waals surface area contributed by atoms with E-state index in [1.165, 1.54) is 12.0 Å². The number of nitrogens with zero attached hydrogens (tertiary/aromatic N) is 2. The molecule has 0 unspecified atom stereocenters. The van der Waals surface area contributed by atoms with Crippen molar-refractivity contribution in [2.24, 2.45) is 11.8 Å². The van der Waals surface area contributed by atoms with E-state index >= 15 is 0 Å². The van der Waals surface area contributed by atoms with Gasteiger partial charge in [-0.25, -0.2) is 9.69 Å². The van der Waals surface area contributed by atoms with Crippen LogP contribution in [0.4, 0.5) is 11.4 Å². The summed E-state index contributed by atoms with van der Waals surface area (Å²) in [5, 5.41) is 3.42. The Balaban J connectivity index is 1.66. The van der Waals surface area contributed by atoms with E-state index in [4.69, 9.17) is 9.47 Å². The highest BCUT2D eigenvalue weighted by Gasteiger charge is 2.69. The summed E-state index contributed by atoms with van der Waals surface area (Å²) in [6.45, 7) is 2.39. The average Bonchev–Trinajstić information content (AvgIpc) is 3.43. The van der Waals surface area contributed by atoms with Gasteiger partial charge in [0.1, 0.15) is 5.75 Å². The van der Waals surface area contributed by atoms with Gasteiger partial charge < -0.3 is 14.4 Å². The van der Waals surface area contributed by atoms with Gasteiger partial charge in [0.2, 0.25) is 11.8 Å². The van der Waals surface area contributed by atoms with Crippen molar-refractivity contribution in [2.75, 3.05) is 37.6 Å². The first kappa shape index (κ1) is 25.5. The minimum absolute atomic E-state index is 0.361. The first-order chi connectivity index (χ1) is 18.3. The molecule has 3 aromatic rings. The Bertz CT molecular complexity index is 1340. The van der Waals surface area contributed by atoms with Crippen molar-refractivity contribution in [3.05, 3.63) is 90.0 Å². The number of amides is 2. The summed E-state index contributed by atoms with van der Waals surface area (Å²) in [4.78, 5) is 45.0. The maximum absolute atomic E-state index is 14.2. The number of fused-ring (bicyclic) bond motifs is 1. The van der Waals surface area contributed by atoms with Gasteiger partial charge in [-0.15, -0.1) is 0 Å². The van der Waals surface area contributed by atoms with Crippen molar-refractivity contribution in [1.82, 2.24) is 5.32 Å². The lowest BCUT2D eigenvalue weighted by Crippen LogP contribution is -2.53. The number of anilines is 2. The van der Waals surface area contributed by atoms with Gasteiger partial charge in [0.15, 0.2) is 5.54 Å². The molecule has 0 aromatic heterocycles. The number of methoxy groups -OCH3 is 1. The molecule has 5 rings (SSSR count). The second kappa shape index (κ2) is 9.95. The fourth-order valence-electron chi connectivity index (χ4n) is 5.72. The SMILES string of the molecule is CCOc1ccc(N2C(=O)[C@H]3[C@@H](C2=O)[C@](C(=O)OC)(c2ccccc2)N[C@H]3c2ccc(N(C)C)cc2)cc1. The van der Waals surface area contributed by atoms with E-state index in [1.807, 2.05) is 56.3 Å². The van der Waals surface area contributed by atoms with Gasteiger partial charge in [-0.05, 0) is 54.4 Å². The number of hydrogen-bond acceptors (Lipinski definition) is 7. The highest BCUT2D eigenvalue weighted by molar-refractivity contribution is 6.24. The number of hydrogen-bond donors (Lipinski definition) is 1. The van der Waals surface area contributed by atoms with Crippen LogP contribution in [0.1, 0.15) is 24.1 Å². The Labute approximate surface area is 222 Å². The van der Waals surface area contributed by atoms with Gasteiger partial charge >= 0.3 is 5.97 Å².